The summed E-state index contributed by atoms with van der Waals surface area (Å²) in [6.07, 6.45) is 0.612. The summed E-state index contributed by atoms with van der Waals surface area (Å²) in [5.74, 6) is -4.83. The van der Waals surface area contributed by atoms with Crippen LogP contribution in [0.4, 0.5) is 23.4 Å². The van der Waals surface area contributed by atoms with Crippen LogP contribution in [0.1, 0.15) is 54.7 Å². The maximum atomic E-state index is 14.6. The highest BCUT2D eigenvalue weighted by Crippen LogP contribution is 2.41. The Labute approximate surface area is 300 Å². The Morgan fingerprint density at radius 2 is 1.77 bits per heavy atom. The van der Waals surface area contributed by atoms with Crippen LogP contribution in [-0.2, 0) is 32.5 Å². The normalized spacial score (nSPS) is 15.8. The Hall–Kier alpha value is -4.16. The summed E-state index contributed by atoms with van der Waals surface area (Å²) in [6.45, 7) is 0.801. The zero-order valence-electron chi connectivity index (χ0n) is 28.2. The molecule has 0 unspecified atom stereocenters. The minimum Gasteiger partial charge on any atom is -0.382 e. The van der Waals surface area contributed by atoms with E-state index in [0.717, 1.165) is 24.5 Å². The van der Waals surface area contributed by atoms with Crippen LogP contribution in [0.25, 0.3) is 27.6 Å². The largest absolute Gasteiger partial charge is 0.382 e. The average molecular weight is 766 g/mol. The van der Waals surface area contributed by atoms with Gasteiger partial charge in [0, 0.05) is 37.6 Å². The molecule has 1 aliphatic rings. The van der Waals surface area contributed by atoms with Crippen molar-refractivity contribution in [3.05, 3.63) is 86.6 Å². The van der Waals surface area contributed by atoms with E-state index in [9.17, 15) is 30.8 Å². The van der Waals surface area contributed by atoms with Gasteiger partial charge in [0.1, 0.15) is 17.5 Å². The minimum absolute atomic E-state index is 0.0108. The van der Waals surface area contributed by atoms with Gasteiger partial charge in [0.05, 0.1) is 65.7 Å². The van der Waals surface area contributed by atoms with Crippen LogP contribution in [0.3, 0.4) is 0 Å². The van der Waals surface area contributed by atoms with E-state index in [1.54, 1.807) is 6.07 Å². The Kier molecular flexibility index (Phi) is 10.9. The molecule has 0 spiro atoms. The molecule has 0 radical (unpaired) electrons. The summed E-state index contributed by atoms with van der Waals surface area (Å²) in [6, 6.07) is 7.93. The maximum Gasteiger partial charge on any atom is 0.267 e. The Morgan fingerprint density at radius 3 is 2.44 bits per heavy atom. The Morgan fingerprint density at radius 1 is 1.06 bits per heavy atom. The summed E-state index contributed by atoms with van der Waals surface area (Å²) in [4.78, 5) is 24.0. The molecule has 2 aromatic carbocycles. The number of anilines is 1. The number of pyridine rings is 1. The molecule has 12 nitrogen and oxygen atoms in total. The number of nitrogens with zero attached hydrogens (tertiary/aromatic N) is 5. The van der Waals surface area contributed by atoms with Gasteiger partial charge < -0.3 is 15.2 Å². The van der Waals surface area contributed by atoms with Crippen molar-refractivity contribution < 1.29 is 35.5 Å². The average Bonchev–Trinajstić information content (AvgIpc) is 3.41. The molecule has 3 N–H and O–H groups in total. The van der Waals surface area contributed by atoms with E-state index in [4.69, 9.17) is 31.8 Å². The van der Waals surface area contributed by atoms with Crippen molar-refractivity contribution >= 4 is 49.4 Å². The second-order valence-electron chi connectivity index (χ2n) is 12.8. The standard InChI is InChI=1S/C34H36ClF4N7O5S/c1-50-13-14-51-12-11-45-29-27(6-4-24(35)28(29)31(43-45)44-52(2,48)49)46-32(25(40)17-19-15-21(36)18-22(37)16-19)42-30-23(33(46)47)3-5-26(41-30)20-7-9-34(38,39)10-8-20/h3-6,15-16,18,20,25H,7-14,17,40H2,1-2H3,(H,43,44)/t25-/m0/s1. The number of aromatic nitrogens is 5. The number of fused-ring (bicyclic) bond motifs is 2. The molecule has 0 bridgehead atoms. The summed E-state index contributed by atoms with van der Waals surface area (Å²) in [5.41, 5.74) is 7.18. The Bertz CT molecular complexity index is 2270. The van der Waals surface area contributed by atoms with Crippen molar-refractivity contribution in [2.45, 2.75) is 56.5 Å². The summed E-state index contributed by atoms with van der Waals surface area (Å²) < 4.78 is 96.8. The second-order valence-corrected chi connectivity index (χ2v) is 14.9. The lowest BCUT2D eigenvalue weighted by molar-refractivity contribution is -0.0384. The number of halogens is 5. The molecule has 278 valence electrons. The van der Waals surface area contributed by atoms with Gasteiger partial charge in [0.15, 0.2) is 11.5 Å². The molecule has 1 aliphatic carbocycles. The van der Waals surface area contributed by atoms with Gasteiger partial charge in [-0.3, -0.25) is 18.8 Å². The third-order valence-electron chi connectivity index (χ3n) is 8.85. The molecule has 0 amide bonds. The van der Waals surface area contributed by atoms with Crippen molar-refractivity contribution in [2.24, 2.45) is 5.73 Å². The number of sulfonamides is 1. The molecule has 3 heterocycles. The highest BCUT2D eigenvalue weighted by molar-refractivity contribution is 7.92. The number of hydrogen-bond acceptors (Lipinski definition) is 9. The van der Waals surface area contributed by atoms with Gasteiger partial charge >= 0.3 is 0 Å². The molecular weight excluding hydrogens is 730 g/mol. The molecule has 52 heavy (non-hydrogen) atoms. The maximum absolute atomic E-state index is 14.6. The first-order valence-electron chi connectivity index (χ1n) is 16.4. The lowest BCUT2D eigenvalue weighted by Crippen LogP contribution is -2.30. The number of methoxy groups -OCH3 is 1. The van der Waals surface area contributed by atoms with E-state index in [-0.39, 0.29) is 108 Å². The quantitative estimate of drug-likeness (QED) is 0.115. The highest BCUT2D eigenvalue weighted by atomic mass is 35.5. The lowest BCUT2D eigenvalue weighted by atomic mass is 9.84. The third kappa shape index (κ3) is 8.23. The third-order valence-corrected chi connectivity index (χ3v) is 9.73. The molecular formula is C34H36ClF4N7O5S. The van der Waals surface area contributed by atoms with Gasteiger partial charge in [-0.2, -0.15) is 5.10 Å². The predicted molar refractivity (Wildman–Crippen MR) is 188 cm³/mol. The van der Waals surface area contributed by atoms with Crippen molar-refractivity contribution in [3.63, 3.8) is 0 Å². The van der Waals surface area contributed by atoms with Crippen molar-refractivity contribution in [3.8, 4) is 5.69 Å². The van der Waals surface area contributed by atoms with Crippen molar-refractivity contribution in [2.75, 3.05) is 37.9 Å². The van der Waals surface area contributed by atoms with Crippen LogP contribution in [0.2, 0.25) is 5.02 Å². The molecule has 18 heteroatoms. The van der Waals surface area contributed by atoms with Gasteiger partial charge in [-0.1, -0.05) is 11.6 Å². The van der Waals surface area contributed by atoms with Crippen LogP contribution < -0.4 is 16.0 Å². The fourth-order valence-corrected chi connectivity index (χ4v) is 7.20. The lowest BCUT2D eigenvalue weighted by Gasteiger charge is -2.28. The van der Waals surface area contributed by atoms with Crippen LogP contribution >= 0.6 is 11.6 Å². The minimum atomic E-state index is -3.85. The number of nitrogens with two attached hydrogens (primary N) is 1. The van der Waals surface area contributed by atoms with Crippen molar-refractivity contribution in [1.29, 1.82) is 0 Å². The van der Waals surface area contributed by atoms with E-state index in [0.29, 0.717) is 12.3 Å². The summed E-state index contributed by atoms with van der Waals surface area (Å²) in [5, 5.41) is 4.84. The van der Waals surface area contributed by atoms with E-state index < -0.39 is 39.2 Å². The Balaban J connectivity index is 1.56. The molecule has 5 aromatic rings. The number of alkyl halides is 2. The summed E-state index contributed by atoms with van der Waals surface area (Å²) in [7, 11) is -2.32. The van der Waals surface area contributed by atoms with E-state index in [1.165, 1.54) is 34.6 Å². The van der Waals surface area contributed by atoms with Gasteiger partial charge in [0.2, 0.25) is 15.9 Å². The summed E-state index contributed by atoms with van der Waals surface area (Å²) >= 11 is 6.66. The van der Waals surface area contributed by atoms with Gasteiger partial charge in [-0.15, -0.1) is 0 Å². The molecule has 1 atom stereocenters. The number of hydrogen-bond donors (Lipinski definition) is 2. The molecule has 6 rings (SSSR count). The molecule has 0 saturated heterocycles. The molecule has 1 fully saturated rings. The van der Waals surface area contributed by atoms with E-state index >= 15 is 0 Å². The van der Waals surface area contributed by atoms with Crippen LogP contribution in [0, 0.1) is 11.6 Å². The van der Waals surface area contributed by atoms with Gasteiger partial charge in [0.25, 0.3) is 5.56 Å². The molecule has 0 aliphatic heterocycles. The molecule has 3 aromatic heterocycles. The fraction of sp³-hybridized carbons (Fsp3) is 0.412. The first-order chi connectivity index (χ1) is 24.6. The zero-order valence-corrected chi connectivity index (χ0v) is 29.8. The zero-order chi connectivity index (χ0) is 37.4. The highest BCUT2D eigenvalue weighted by Gasteiger charge is 2.36. The first kappa shape index (κ1) is 37.6. The second kappa shape index (κ2) is 15.1. The van der Waals surface area contributed by atoms with Gasteiger partial charge in [-0.05, 0) is 61.2 Å². The van der Waals surface area contributed by atoms with Crippen molar-refractivity contribution in [1.82, 2.24) is 24.3 Å². The number of nitrogens with one attached hydrogen (secondary N) is 1. The number of benzene rings is 2. The predicted octanol–water partition coefficient (Wildman–Crippen LogP) is 5.63. The SMILES string of the molecule is COCCOCCn1nc(NS(C)(=O)=O)c2c(Cl)ccc(-n3c([C@@H](N)Cc4cc(F)cc(F)c4)nc4nc(C5CCC(F)(F)CC5)ccc4c3=O)c21. The van der Waals surface area contributed by atoms with Crippen LogP contribution in [0.5, 0.6) is 0 Å². The molecule has 1 saturated carbocycles. The van der Waals surface area contributed by atoms with Crippen LogP contribution in [-0.4, -0.2) is 71.8 Å². The fourth-order valence-electron chi connectivity index (χ4n) is 6.46. The van der Waals surface area contributed by atoms with Gasteiger partial charge in [-0.25, -0.2) is 35.9 Å². The number of ether oxygens (including phenoxy) is 2. The van der Waals surface area contributed by atoms with Crippen LogP contribution in [0.15, 0.2) is 47.3 Å². The number of rotatable bonds is 13. The van der Waals surface area contributed by atoms with E-state index in [1.807, 2.05) is 0 Å². The topological polar surface area (TPSA) is 156 Å². The first-order valence-corrected chi connectivity index (χ1v) is 18.7. The monoisotopic (exact) mass is 765 g/mol. The smallest absolute Gasteiger partial charge is 0.267 e. The van der Waals surface area contributed by atoms with E-state index in [2.05, 4.69) is 14.8 Å².